The molecule has 4 heteroatoms. The summed E-state index contributed by atoms with van der Waals surface area (Å²) in [6, 6.07) is 29.8. The van der Waals surface area contributed by atoms with Crippen LogP contribution in [0.4, 0.5) is 0 Å². The van der Waals surface area contributed by atoms with Crippen LogP contribution in [0.5, 0.6) is 0 Å². The standard InChI is InChI=1S/C25H24N2OS/c1-3-10-19(11-4-1)24(29-21-13-5-2-6-14-21)25-26-22-15-7-8-16-23(22)27(25)18-20-12-9-17-28-20/h1-8,10-11,13-16,20,24H,9,12,17-18H2. The molecule has 1 saturated heterocycles. The maximum Gasteiger partial charge on any atom is 0.128 e. The number of aromatic nitrogens is 2. The molecule has 1 aliphatic rings. The largest absolute Gasteiger partial charge is 0.376 e. The second-order valence-electron chi connectivity index (χ2n) is 7.43. The number of thioether (sulfide) groups is 1. The first-order valence-electron chi connectivity index (χ1n) is 10.2. The molecule has 1 fully saturated rings. The predicted octanol–water partition coefficient (Wildman–Crippen LogP) is 6.10. The Morgan fingerprint density at radius 2 is 1.66 bits per heavy atom. The number of rotatable bonds is 6. The molecule has 3 aromatic carbocycles. The lowest BCUT2D eigenvalue weighted by molar-refractivity contribution is 0.0973. The van der Waals surface area contributed by atoms with Gasteiger partial charge in [-0.15, -0.1) is 11.8 Å². The zero-order chi connectivity index (χ0) is 19.5. The first-order chi connectivity index (χ1) is 14.4. The second kappa shape index (κ2) is 8.44. The summed E-state index contributed by atoms with van der Waals surface area (Å²) in [5.41, 5.74) is 3.51. The van der Waals surface area contributed by atoms with Gasteiger partial charge in [0.25, 0.3) is 0 Å². The summed E-state index contributed by atoms with van der Waals surface area (Å²) in [5, 5.41) is 0.118. The monoisotopic (exact) mass is 400 g/mol. The van der Waals surface area contributed by atoms with Crippen molar-refractivity contribution in [2.24, 2.45) is 0 Å². The molecule has 3 nitrogen and oxygen atoms in total. The van der Waals surface area contributed by atoms with E-state index in [0.717, 1.165) is 37.3 Å². The summed E-state index contributed by atoms with van der Waals surface area (Å²) in [6.07, 6.45) is 2.53. The van der Waals surface area contributed by atoms with Crippen molar-refractivity contribution in [3.05, 3.63) is 96.3 Å². The molecule has 4 aromatic rings. The van der Waals surface area contributed by atoms with E-state index in [-0.39, 0.29) is 11.4 Å². The summed E-state index contributed by atoms with van der Waals surface area (Å²) < 4.78 is 8.37. The highest BCUT2D eigenvalue weighted by Gasteiger charge is 2.26. The first kappa shape index (κ1) is 18.5. The third-order valence-corrected chi connectivity index (χ3v) is 6.69. The van der Waals surface area contributed by atoms with E-state index in [4.69, 9.17) is 9.72 Å². The van der Waals surface area contributed by atoms with Crippen molar-refractivity contribution < 1.29 is 4.74 Å². The lowest BCUT2D eigenvalue weighted by Crippen LogP contribution is -2.18. The molecular weight excluding hydrogens is 376 g/mol. The Morgan fingerprint density at radius 3 is 2.41 bits per heavy atom. The van der Waals surface area contributed by atoms with Crippen LogP contribution in [0.1, 0.15) is 29.5 Å². The zero-order valence-corrected chi connectivity index (χ0v) is 17.1. The van der Waals surface area contributed by atoms with E-state index in [2.05, 4.69) is 89.5 Å². The summed E-state index contributed by atoms with van der Waals surface area (Å²) in [4.78, 5) is 6.36. The fraction of sp³-hybridized carbons (Fsp3) is 0.240. The molecule has 0 radical (unpaired) electrons. The van der Waals surface area contributed by atoms with Crippen molar-refractivity contribution >= 4 is 22.8 Å². The van der Waals surface area contributed by atoms with Crippen LogP contribution >= 0.6 is 11.8 Å². The van der Waals surface area contributed by atoms with E-state index in [0.29, 0.717) is 0 Å². The van der Waals surface area contributed by atoms with Gasteiger partial charge in [0.2, 0.25) is 0 Å². The number of hydrogen-bond acceptors (Lipinski definition) is 3. The van der Waals surface area contributed by atoms with Gasteiger partial charge in [0.1, 0.15) is 5.82 Å². The number of hydrogen-bond donors (Lipinski definition) is 0. The molecule has 0 N–H and O–H groups in total. The van der Waals surface area contributed by atoms with Gasteiger partial charge in [-0.1, -0.05) is 60.7 Å². The third kappa shape index (κ3) is 3.96. The highest BCUT2D eigenvalue weighted by atomic mass is 32.2. The third-order valence-electron chi connectivity index (χ3n) is 5.43. The van der Waals surface area contributed by atoms with E-state index in [1.165, 1.54) is 16.0 Å². The quantitative estimate of drug-likeness (QED) is 0.366. The second-order valence-corrected chi connectivity index (χ2v) is 8.60. The molecule has 2 atom stereocenters. The Morgan fingerprint density at radius 1 is 0.931 bits per heavy atom. The summed E-state index contributed by atoms with van der Waals surface area (Å²) in [6.45, 7) is 1.72. The molecule has 0 saturated carbocycles. The summed E-state index contributed by atoms with van der Waals surface area (Å²) >= 11 is 1.86. The molecule has 2 heterocycles. The Labute approximate surface area is 175 Å². The van der Waals surface area contributed by atoms with Gasteiger partial charge >= 0.3 is 0 Å². The van der Waals surface area contributed by atoms with Crippen LogP contribution in [-0.4, -0.2) is 22.3 Å². The maximum atomic E-state index is 5.98. The average molecular weight is 401 g/mol. The Bertz CT molecular complexity index is 1070. The van der Waals surface area contributed by atoms with Crippen LogP contribution in [0.25, 0.3) is 11.0 Å². The predicted molar refractivity (Wildman–Crippen MR) is 119 cm³/mol. The summed E-state index contributed by atoms with van der Waals surface area (Å²) in [5.74, 6) is 1.10. The smallest absolute Gasteiger partial charge is 0.128 e. The topological polar surface area (TPSA) is 27.1 Å². The minimum Gasteiger partial charge on any atom is -0.376 e. The van der Waals surface area contributed by atoms with Crippen molar-refractivity contribution in [2.75, 3.05) is 6.61 Å². The SMILES string of the molecule is c1ccc(SC(c2ccccc2)c2nc3ccccc3n2CC2CCCO2)cc1. The van der Waals surface area contributed by atoms with Crippen molar-refractivity contribution in [2.45, 2.75) is 35.6 Å². The minimum atomic E-state index is 0.118. The molecule has 0 bridgehead atoms. The molecule has 1 aromatic heterocycles. The number of fused-ring (bicyclic) bond motifs is 1. The average Bonchev–Trinajstić information content (AvgIpc) is 3.42. The van der Waals surface area contributed by atoms with Gasteiger partial charge in [-0.05, 0) is 42.7 Å². The summed E-state index contributed by atoms with van der Waals surface area (Å²) in [7, 11) is 0. The van der Waals surface area contributed by atoms with Crippen molar-refractivity contribution in [3.8, 4) is 0 Å². The van der Waals surface area contributed by atoms with Gasteiger partial charge in [0.05, 0.1) is 28.9 Å². The van der Waals surface area contributed by atoms with Crippen molar-refractivity contribution in [3.63, 3.8) is 0 Å². The van der Waals surface area contributed by atoms with Gasteiger partial charge in [0, 0.05) is 11.5 Å². The van der Waals surface area contributed by atoms with Gasteiger partial charge in [-0.2, -0.15) is 0 Å². The van der Waals surface area contributed by atoms with Crippen LogP contribution in [-0.2, 0) is 11.3 Å². The zero-order valence-electron chi connectivity index (χ0n) is 16.3. The lowest BCUT2D eigenvalue weighted by Gasteiger charge is -2.21. The normalized spacial score (nSPS) is 17.6. The molecule has 0 amide bonds. The van der Waals surface area contributed by atoms with Crippen molar-refractivity contribution in [1.82, 2.24) is 9.55 Å². The van der Waals surface area contributed by atoms with Gasteiger partial charge in [-0.25, -0.2) is 4.98 Å². The maximum absolute atomic E-state index is 5.98. The molecule has 0 aliphatic carbocycles. The van der Waals surface area contributed by atoms with E-state index in [1.807, 2.05) is 11.8 Å². The fourth-order valence-electron chi connectivity index (χ4n) is 4.01. The van der Waals surface area contributed by atoms with Crippen LogP contribution < -0.4 is 0 Å². The Hall–Kier alpha value is -2.56. The van der Waals surface area contributed by atoms with Gasteiger partial charge in [-0.3, -0.25) is 0 Å². The molecule has 2 unspecified atom stereocenters. The minimum absolute atomic E-state index is 0.118. The fourth-order valence-corrected chi connectivity index (χ4v) is 5.18. The van der Waals surface area contributed by atoms with Gasteiger partial charge < -0.3 is 9.30 Å². The van der Waals surface area contributed by atoms with Gasteiger partial charge in [0.15, 0.2) is 0 Å². The number of para-hydroxylation sites is 2. The number of nitrogens with zero attached hydrogens (tertiary/aromatic N) is 2. The Kier molecular flexibility index (Phi) is 5.37. The van der Waals surface area contributed by atoms with E-state index >= 15 is 0 Å². The molecule has 1 aliphatic heterocycles. The lowest BCUT2D eigenvalue weighted by atomic mass is 10.1. The number of imidazole rings is 1. The van der Waals surface area contributed by atoms with Crippen molar-refractivity contribution in [1.29, 1.82) is 0 Å². The molecule has 146 valence electrons. The molecule has 0 spiro atoms. The molecular formula is C25H24N2OS. The Balaban J connectivity index is 1.62. The van der Waals surface area contributed by atoms with Crippen LogP contribution in [0.3, 0.4) is 0 Å². The first-order valence-corrected chi connectivity index (χ1v) is 11.1. The number of ether oxygens (including phenoxy) is 1. The highest BCUT2D eigenvalue weighted by molar-refractivity contribution is 7.99. The van der Waals surface area contributed by atoms with Crippen LogP contribution in [0.15, 0.2) is 89.8 Å². The van der Waals surface area contributed by atoms with Crippen LogP contribution in [0.2, 0.25) is 0 Å². The number of benzene rings is 3. The highest BCUT2D eigenvalue weighted by Crippen LogP contribution is 2.41. The molecule has 5 rings (SSSR count). The van der Waals surface area contributed by atoms with E-state index < -0.39 is 0 Å². The van der Waals surface area contributed by atoms with E-state index in [9.17, 15) is 0 Å². The molecule has 29 heavy (non-hydrogen) atoms. The van der Waals surface area contributed by atoms with Crippen LogP contribution in [0, 0.1) is 0 Å². The van der Waals surface area contributed by atoms with E-state index in [1.54, 1.807) is 0 Å².